The number of aromatic nitrogens is 2. The van der Waals surface area contributed by atoms with E-state index in [1.807, 2.05) is 78.6 Å². The van der Waals surface area contributed by atoms with Gasteiger partial charge in [-0.1, -0.05) is 60.1 Å². The third kappa shape index (κ3) is 4.86. The lowest BCUT2D eigenvalue weighted by Gasteiger charge is -2.35. The van der Waals surface area contributed by atoms with Gasteiger partial charge in [0.15, 0.2) is 5.82 Å². The number of urea groups is 1. The lowest BCUT2D eigenvalue weighted by Crippen LogP contribution is -2.51. The zero-order valence-electron chi connectivity index (χ0n) is 19.4. The predicted molar refractivity (Wildman–Crippen MR) is 141 cm³/mol. The molecule has 178 valence electrons. The number of nitrogens with one attached hydrogen (secondary N) is 1. The van der Waals surface area contributed by atoms with Crippen molar-refractivity contribution in [3.8, 4) is 0 Å². The van der Waals surface area contributed by atoms with E-state index in [1.54, 1.807) is 15.5 Å². The maximum absolute atomic E-state index is 13.6. The Hall–Kier alpha value is -3.84. The number of benzene rings is 3. The molecule has 3 aromatic carbocycles. The Labute approximate surface area is 208 Å². The van der Waals surface area contributed by atoms with E-state index in [4.69, 9.17) is 16.6 Å². The minimum Gasteiger partial charge on any atom is -0.348 e. The van der Waals surface area contributed by atoms with Crippen LogP contribution in [0.15, 0.2) is 77.6 Å². The first-order valence-corrected chi connectivity index (χ1v) is 12.0. The van der Waals surface area contributed by atoms with Crippen LogP contribution >= 0.6 is 11.6 Å². The molecule has 2 amide bonds. The van der Waals surface area contributed by atoms with Gasteiger partial charge in [-0.2, -0.15) is 0 Å². The summed E-state index contributed by atoms with van der Waals surface area (Å²) in [6.45, 7) is 4.40. The van der Waals surface area contributed by atoms with E-state index in [-0.39, 0.29) is 11.6 Å². The van der Waals surface area contributed by atoms with E-state index in [1.165, 1.54) is 0 Å². The first-order chi connectivity index (χ1) is 17.0. The standard InChI is InChI=1S/C27H26ClN5O2/c1-19-11-12-22(21(28)17-19)30-27(35)32-15-13-31(14-16-32)25-26(34)33(18-20-7-3-2-4-8-20)24-10-6-5-9-23(24)29-25/h2-12,17H,13-16,18H2,1H3,(H,30,35). The minimum atomic E-state index is -0.205. The van der Waals surface area contributed by atoms with Gasteiger partial charge in [-0.15, -0.1) is 0 Å². The molecule has 1 saturated heterocycles. The molecule has 1 fully saturated rings. The van der Waals surface area contributed by atoms with Crippen LogP contribution < -0.4 is 15.8 Å². The Morgan fingerprint density at radius 1 is 0.971 bits per heavy atom. The van der Waals surface area contributed by atoms with Crippen LogP contribution in [-0.2, 0) is 6.54 Å². The largest absolute Gasteiger partial charge is 0.348 e. The molecule has 0 spiro atoms. The van der Waals surface area contributed by atoms with Crippen LogP contribution in [0.2, 0.25) is 5.02 Å². The highest BCUT2D eigenvalue weighted by atomic mass is 35.5. The number of para-hydroxylation sites is 2. The van der Waals surface area contributed by atoms with Gasteiger partial charge in [-0.25, -0.2) is 9.78 Å². The number of hydrogen-bond donors (Lipinski definition) is 1. The average Bonchev–Trinajstić information content (AvgIpc) is 2.88. The third-order valence-electron chi connectivity index (χ3n) is 6.25. The molecule has 35 heavy (non-hydrogen) atoms. The van der Waals surface area contributed by atoms with Crippen molar-refractivity contribution in [3.63, 3.8) is 0 Å². The highest BCUT2D eigenvalue weighted by molar-refractivity contribution is 6.33. The van der Waals surface area contributed by atoms with Crippen LogP contribution in [0.4, 0.5) is 16.3 Å². The summed E-state index contributed by atoms with van der Waals surface area (Å²) >= 11 is 6.27. The van der Waals surface area contributed by atoms with E-state index < -0.39 is 0 Å². The highest BCUT2D eigenvalue weighted by Gasteiger charge is 2.25. The molecule has 1 aromatic heterocycles. The quantitative estimate of drug-likeness (QED) is 0.450. The number of piperazine rings is 1. The number of nitrogens with zero attached hydrogens (tertiary/aromatic N) is 4. The van der Waals surface area contributed by atoms with Crippen LogP contribution in [0.25, 0.3) is 11.0 Å². The molecule has 7 nitrogen and oxygen atoms in total. The molecule has 4 aromatic rings. The number of carbonyl (C=O) groups excluding carboxylic acids is 1. The van der Waals surface area contributed by atoms with Crippen molar-refractivity contribution in [2.75, 3.05) is 36.4 Å². The van der Waals surface area contributed by atoms with Gasteiger partial charge in [-0.05, 0) is 42.3 Å². The summed E-state index contributed by atoms with van der Waals surface area (Å²) in [5.74, 6) is 0.418. The fourth-order valence-corrected chi connectivity index (χ4v) is 4.63. The Bertz CT molecular complexity index is 1430. The van der Waals surface area contributed by atoms with Crippen molar-refractivity contribution >= 4 is 40.2 Å². The van der Waals surface area contributed by atoms with Gasteiger partial charge < -0.3 is 15.1 Å². The lowest BCUT2D eigenvalue weighted by atomic mass is 10.2. The molecule has 5 rings (SSSR count). The van der Waals surface area contributed by atoms with E-state index in [0.29, 0.717) is 49.3 Å². The van der Waals surface area contributed by atoms with Gasteiger partial charge in [-0.3, -0.25) is 9.36 Å². The van der Waals surface area contributed by atoms with Gasteiger partial charge in [0.2, 0.25) is 0 Å². The van der Waals surface area contributed by atoms with Gasteiger partial charge in [0.1, 0.15) is 0 Å². The fourth-order valence-electron chi connectivity index (χ4n) is 4.35. The van der Waals surface area contributed by atoms with Crippen molar-refractivity contribution in [2.45, 2.75) is 13.5 Å². The Kier molecular flexibility index (Phi) is 6.42. The molecular weight excluding hydrogens is 462 g/mol. The molecule has 0 aliphatic carbocycles. The molecule has 0 unspecified atom stereocenters. The molecule has 1 aliphatic heterocycles. The highest BCUT2D eigenvalue weighted by Crippen LogP contribution is 2.23. The summed E-state index contributed by atoms with van der Waals surface area (Å²) in [5, 5.41) is 3.40. The SMILES string of the molecule is Cc1ccc(NC(=O)N2CCN(c3nc4ccccc4n(Cc4ccccc4)c3=O)CC2)c(Cl)c1. The molecule has 1 N–H and O–H groups in total. The number of hydrogen-bond acceptors (Lipinski definition) is 4. The van der Waals surface area contributed by atoms with Crippen molar-refractivity contribution in [2.24, 2.45) is 0 Å². The second kappa shape index (κ2) is 9.80. The summed E-state index contributed by atoms with van der Waals surface area (Å²) < 4.78 is 1.78. The predicted octanol–water partition coefficient (Wildman–Crippen LogP) is 4.76. The van der Waals surface area contributed by atoms with E-state index in [9.17, 15) is 9.59 Å². The second-order valence-electron chi connectivity index (χ2n) is 8.69. The third-order valence-corrected chi connectivity index (χ3v) is 6.56. The van der Waals surface area contributed by atoms with Crippen molar-refractivity contribution < 1.29 is 4.79 Å². The molecule has 0 saturated carbocycles. The molecule has 0 radical (unpaired) electrons. The van der Waals surface area contributed by atoms with Crippen LogP contribution in [0.3, 0.4) is 0 Å². The summed E-state index contributed by atoms with van der Waals surface area (Å²) in [4.78, 5) is 34.8. The van der Waals surface area contributed by atoms with Crippen LogP contribution in [-0.4, -0.2) is 46.7 Å². The number of amides is 2. The molecule has 8 heteroatoms. The maximum atomic E-state index is 13.6. The maximum Gasteiger partial charge on any atom is 0.322 e. The average molecular weight is 488 g/mol. The normalized spacial score (nSPS) is 13.8. The molecule has 0 atom stereocenters. The smallest absolute Gasteiger partial charge is 0.322 e. The number of anilines is 2. The van der Waals surface area contributed by atoms with Crippen LogP contribution in [0, 0.1) is 6.92 Å². The number of fused-ring (bicyclic) bond motifs is 1. The van der Waals surface area contributed by atoms with Gasteiger partial charge in [0.25, 0.3) is 5.56 Å². The van der Waals surface area contributed by atoms with E-state index >= 15 is 0 Å². The number of rotatable bonds is 4. The number of carbonyl (C=O) groups is 1. The Morgan fingerprint density at radius 2 is 1.69 bits per heavy atom. The zero-order valence-corrected chi connectivity index (χ0v) is 20.2. The number of halogens is 1. The van der Waals surface area contributed by atoms with Gasteiger partial charge in [0.05, 0.1) is 28.3 Å². The Balaban J connectivity index is 1.35. The van der Waals surface area contributed by atoms with Crippen molar-refractivity contribution in [1.82, 2.24) is 14.5 Å². The van der Waals surface area contributed by atoms with E-state index in [0.717, 1.165) is 22.2 Å². The number of aryl methyl sites for hydroxylation is 1. The van der Waals surface area contributed by atoms with Gasteiger partial charge >= 0.3 is 6.03 Å². The summed E-state index contributed by atoms with van der Waals surface area (Å²) in [6.07, 6.45) is 0. The van der Waals surface area contributed by atoms with Crippen LogP contribution in [0.1, 0.15) is 11.1 Å². The molecular formula is C27H26ClN5O2. The summed E-state index contributed by atoms with van der Waals surface area (Å²) in [7, 11) is 0. The monoisotopic (exact) mass is 487 g/mol. The summed E-state index contributed by atoms with van der Waals surface area (Å²) in [6, 6.07) is 23.0. The first-order valence-electron chi connectivity index (χ1n) is 11.6. The topological polar surface area (TPSA) is 70.5 Å². The molecule has 2 heterocycles. The first kappa shape index (κ1) is 22.9. The molecule has 1 aliphatic rings. The minimum absolute atomic E-state index is 0.128. The fraction of sp³-hybridized carbons (Fsp3) is 0.222. The Morgan fingerprint density at radius 3 is 2.43 bits per heavy atom. The summed E-state index contributed by atoms with van der Waals surface area (Å²) in [5.41, 5.74) is 4.11. The lowest BCUT2D eigenvalue weighted by molar-refractivity contribution is 0.208. The van der Waals surface area contributed by atoms with Crippen molar-refractivity contribution in [1.29, 1.82) is 0 Å². The van der Waals surface area contributed by atoms with Crippen LogP contribution in [0.5, 0.6) is 0 Å². The second-order valence-corrected chi connectivity index (χ2v) is 9.10. The van der Waals surface area contributed by atoms with Crippen molar-refractivity contribution in [3.05, 3.63) is 99.3 Å². The van der Waals surface area contributed by atoms with E-state index in [2.05, 4.69) is 5.32 Å². The molecule has 0 bridgehead atoms. The zero-order chi connectivity index (χ0) is 24.4. The van der Waals surface area contributed by atoms with Gasteiger partial charge in [0, 0.05) is 26.2 Å².